The van der Waals surface area contributed by atoms with Gasteiger partial charge in [0.2, 0.25) is 0 Å². The molecule has 0 aromatic heterocycles. The fraction of sp³-hybridized carbons (Fsp3) is 0.250. The molecule has 0 radical (unpaired) electrons. The number of hydrogen-bond donors (Lipinski definition) is 0. The van der Waals surface area contributed by atoms with Crippen molar-refractivity contribution in [3.63, 3.8) is 0 Å². The zero-order valence-electron chi connectivity index (χ0n) is 10.0. The quantitative estimate of drug-likeness (QED) is 0.600. The van der Waals surface area contributed by atoms with Crippen molar-refractivity contribution in [1.82, 2.24) is 4.90 Å². The normalized spacial score (nSPS) is 13.0. The van der Waals surface area contributed by atoms with E-state index >= 15 is 0 Å². The van der Waals surface area contributed by atoms with Crippen molar-refractivity contribution in [3.05, 3.63) is 41.4 Å². The third kappa shape index (κ3) is 3.71. The second-order valence-corrected chi connectivity index (χ2v) is 4.98. The first-order chi connectivity index (χ1) is 8.06. The van der Waals surface area contributed by atoms with E-state index in [4.69, 9.17) is 0 Å². The van der Waals surface area contributed by atoms with E-state index in [1.165, 1.54) is 13.3 Å². The summed E-state index contributed by atoms with van der Waals surface area (Å²) in [6.45, 7) is 0. The smallest absolute Gasteiger partial charge is 0.348 e. The molecule has 0 heterocycles. The third-order valence-electron chi connectivity index (χ3n) is 1.92. The predicted octanol–water partition coefficient (Wildman–Crippen LogP) is 1.37. The molecule has 0 amide bonds. The van der Waals surface area contributed by atoms with Crippen molar-refractivity contribution >= 4 is 16.8 Å². The van der Waals surface area contributed by atoms with Crippen molar-refractivity contribution in [1.29, 1.82) is 0 Å². The Morgan fingerprint density at radius 1 is 1.29 bits per heavy atom. The van der Waals surface area contributed by atoms with Crippen LogP contribution in [0.3, 0.4) is 0 Å². The summed E-state index contributed by atoms with van der Waals surface area (Å²) >= 11 is 0. The average Bonchev–Trinajstić information content (AvgIpc) is 2.35. The molecule has 0 aliphatic rings. The van der Waals surface area contributed by atoms with Gasteiger partial charge in [-0.25, -0.2) is 9.00 Å². The second kappa shape index (κ2) is 6.20. The highest BCUT2D eigenvalue weighted by molar-refractivity contribution is 7.90. The summed E-state index contributed by atoms with van der Waals surface area (Å²) in [7, 11) is 3.26. The largest absolute Gasteiger partial charge is 0.465 e. The van der Waals surface area contributed by atoms with E-state index in [1.807, 2.05) is 6.07 Å². The Morgan fingerprint density at radius 2 is 1.88 bits per heavy atom. The molecular formula is C12H15NO3S. The molecule has 0 N–H and O–H groups in total. The highest BCUT2D eigenvalue weighted by atomic mass is 32.2. The van der Waals surface area contributed by atoms with Crippen LogP contribution in [0.15, 0.2) is 46.3 Å². The summed E-state index contributed by atoms with van der Waals surface area (Å²) in [4.78, 5) is 13.9. The number of methoxy groups -OCH3 is 1. The van der Waals surface area contributed by atoms with Gasteiger partial charge in [0.1, 0.15) is 4.91 Å². The van der Waals surface area contributed by atoms with Crippen LogP contribution in [0.1, 0.15) is 0 Å². The lowest BCUT2D eigenvalue weighted by molar-refractivity contribution is -0.135. The highest BCUT2D eigenvalue weighted by Crippen LogP contribution is 2.15. The Morgan fingerprint density at radius 3 is 2.35 bits per heavy atom. The van der Waals surface area contributed by atoms with Crippen LogP contribution in [0.25, 0.3) is 0 Å². The standard InChI is InChI=1S/C12H15NO3S/c1-13(2)9-11(12(14)16-3)17(15)10-7-5-4-6-8-10/h4-9H,1-3H3/b11-9+. The SMILES string of the molecule is COC(=O)/C(=C\N(C)C)S(=O)c1ccccc1. The number of rotatable bonds is 4. The van der Waals surface area contributed by atoms with Crippen molar-refractivity contribution < 1.29 is 13.7 Å². The molecule has 0 bridgehead atoms. The number of ether oxygens (including phenoxy) is 1. The maximum absolute atomic E-state index is 12.2. The zero-order chi connectivity index (χ0) is 12.8. The summed E-state index contributed by atoms with van der Waals surface area (Å²) in [5.41, 5.74) is 0. The van der Waals surface area contributed by atoms with E-state index in [0.717, 1.165) is 0 Å². The monoisotopic (exact) mass is 253 g/mol. The van der Waals surface area contributed by atoms with Gasteiger partial charge in [-0.3, -0.25) is 0 Å². The van der Waals surface area contributed by atoms with Gasteiger partial charge in [0.15, 0.2) is 0 Å². The van der Waals surface area contributed by atoms with E-state index in [-0.39, 0.29) is 4.91 Å². The Kier molecular flexibility index (Phi) is 4.90. The van der Waals surface area contributed by atoms with E-state index < -0.39 is 16.8 Å². The first kappa shape index (κ1) is 13.4. The summed E-state index contributed by atoms with van der Waals surface area (Å²) in [6, 6.07) is 8.80. The molecule has 1 unspecified atom stereocenters. The Bertz CT molecular complexity index is 440. The number of hydrogen-bond acceptors (Lipinski definition) is 4. The Labute approximate surface area is 103 Å². The number of esters is 1. The van der Waals surface area contributed by atoms with E-state index in [2.05, 4.69) is 4.74 Å². The maximum Gasteiger partial charge on any atom is 0.348 e. The number of nitrogens with zero attached hydrogens (tertiary/aromatic N) is 1. The van der Waals surface area contributed by atoms with E-state index in [9.17, 15) is 9.00 Å². The van der Waals surface area contributed by atoms with E-state index in [0.29, 0.717) is 4.90 Å². The van der Waals surface area contributed by atoms with Gasteiger partial charge in [-0.1, -0.05) is 18.2 Å². The van der Waals surface area contributed by atoms with Gasteiger partial charge in [-0.2, -0.15) is 0 Å². The number of carbonyl (C=O) groups excluding carboxylic acids is 1. The minimum absolute atomic E-state index is 0.128. The van der Waals surface area contributed by atoms with E-state index in [1.54, 1.807) is 43.3 Å². The van der Waals surface area contributed by atoms with Crippen LogP contribution in [-0.2, 0) is 20.3 Å². The second-order valence-electron chi connectivity index (χ2n) is 3.53. The summed E-state index contributed by atoms with van der Waals surface area (Å²) in [5, 5.41) is 0. The van der Waals surface area contributed by atoms with Crippen molar-refractivity contribution in [2.45, 2.75) is 4.90 Å². The summed E-state index contributed by atoms with van der Waals surface area (Å²) < 4.78 is 16.8. The lowest BCUT2D eigenvalue weighted by atomic mass is 10.4. The van der Waals surface area contributed by atoms with Gasteiger partial charge < -0.3 is 9.64 Å². The fourth-order valence-electron chi connectivity index (χ4n) is 1.18. The molecule has 1 aromatic rings. The first-order valence-electron chi connectivity index (χ1n) is 4.99. The molecule has 1 atom stereocenters. The molecule has 0 saturated carbocycles. The van der Waals surface area contributed by atoms with Crippen LogP contribution in [0.4, 0.5) is 0 Å². The van der Waals surface area contributed by atoms with Crippen molar-refractivity contribution in [3.8, 4) is 0 Å². The summed E-state index contributed by atoms with van der Waals surface area (Å²) in [6.07, 6.45) is 1.51. The van der Waals surface area contributed by atoms with Crippen LogP contribution < -0.4 is 0 Å². The summed E-state index contributed by atoms with van der Waals surface area (Å²) in [5.74, 6) is -0.583. The molecular weight excluding hydrogens is 238 g/mol. The molecule has 0 aliphatic carbocycles. The minimum Gasteiger partial charge on any atom is -0.465 e. The van der Waals surface area contributed by atoms with Gasteiger partial charge in [0.25, 0.3) is 0 Å². The highest BCUT2D eigenvalue weighted by Gasteiger charge is 2.19. The molecule has 4 nitrogen and oxygen atoms in total. The average molecular weight is 253 g/mol. The van der Waals surface area contributed by atoms with Crippen LogP contribution >= 0.6 is 0 Å². The maximum atomic E-state index is 12.2. The van der Waals surface area contributed by atoms with Crippen LogP contribution in [0.5, 0.6) is 0 Å². The molecule has 17 heavy (non-hydrogen) atoms. The fourth-order valence-corrected chi connectivity index (χ4v) is 2.38. The Balaban J connectivity index is 3.08. The third-order valence-corrected chi connectivity index (χ3v) is 3.29. The molecule has 0 aliphatic heterocycles. The molecule has 0 saturated heterocycles. The molecule has 92 valence electrons. The van der Waals surface area contributed by atoms with Crippen LogP contribution in [0, 0.1) is 0 Å². The van der Waals surface area contributed by atoms with Gasteiger partial charge in [0.05, 0.1) is 17.9 Å². The van der Waals surface area contributed by atoms with Crippen LogP contribution in [0.2, 0.25) is 0 Å². The van der Waals surface area contributed by atoms with Gasteiger partial charge >= 0.3 is 5.97 Å². The van der Waals surface area contributed by atoms with Crippen LogP contribution in [-0.4, -0.2) is 36.3 Å². The number of carbonyl (C=O) groups is 1. The van der Waals surface area contributed by atoms with Gasteiger partial charge in [0, 0.05) is 25.2 Å². The van der Waals surface area contributed by atoms with Crippen molar-refractivity contribution in [2.75, 3.05) is 21.2 Å². The first-order valence-corrected chi connectivity index (χ1v) is 6.14. The Hall–Kier alpha value is -1.62. The predicted molar refractivity (Wildman–Crippen MR) is 66.6 cm³/mol. The lowest BCUT2D eigenvalue weighted by Gasteiger charge is -2.10. The minimum atomic E-state index is -1.53. The molecule has 1 rings (SSSR count). The zero-order valence-corrected chi connectivity index (χ0v) is 10.9. The lowest BCUT2D eigenvalue weighted by Crippen LogP contribution is -2.14. The molecule has 1 aromatic carbocycles. The topological polar surface area (TPSA) is 46.6 Å². The molecule has 5 heteroatoms. The molecule has 0 fully saturated rings. The van der Waals surface area contributed by atoms with Gasteiger partial charge in [-0.05, 0) is 12.1 Å². The van der Waals surface area contributed by atoms with Gasteiger partial charge in [-0.15, -0.1) is 0 Å². The molecule has 0 spiro atoms. The van der Waals surface area contributed by atoms with Crippen molar-refractivity contribution in [2.24, 2.45) is 0 Å². The number of benzene rings is 1.